The lowest BCUT2D eigenvalue weighted by molar-refractivity contribution is -0.0671. The van der Waals surface area contributed by atoms with E-state index in [2.05, 4.69) is 9.62 Å². The van der Waals surface area contributed by atoms with Crippen LogP contribution in [0.2, 0.25) is 0 Å². The fraction of sp³-hybridized carbons (Fsp3) is 0.625. The van der Waals surface area contributed by atoms with Gasteiger partial charge in [0.25, 0.3) is 0 Å². The van der Waals surface area contributed by atoms with E-state index < -0.39 is 10.0 Å². The molecule has 130 valence electrons. The van der Waals surface area contributed by atoms with E-state index in [9.17, 15) is 8.42 Å². The first-order chi connectivity index (χ1) is 10.9. The molecule has 23 heavy (non-hydrogen) atoms. The van der Waals surface area contributed by atoms with E-state index >= 15 is 0 Å². The van der Waals surface area contributed by atoms with Crippen molar-refractivity contribution in [3.8, 4) is 0 Å². The Morgan fingerprint density at radius 2 is 1.83 bits per heavy atom. The van der Waals surface area contributed by atoms with E-state index in [0.717, 1.165) is 25.1 Å². The molecule has 0 radical (unpaired) electrons. The van der Waals surface area contributed by atoms with Crippen LogP contribution in [-0.4, -0.2) is 57.6 Å². The van der Waals surface area contributed by atoms with E-state index in [-0.39, 0.29) is 12.2 Å². The Bertz CT molecular complexity index is 582. The highest BCUT2D eigenvalue weighted by atomic mass is 35.5. The van der Waals surface area contributed by atoms with Gasteiger partial charge in [-0.25, -0.2) is 13.1 Å². The molecule has 1 N–H and O–H groups in total. The number of benzene rings is 1. The molecule has 0 aromatic heterocycles. The molecule has 1 aromatic rings. The second-order valence-corrected chi connectivity index (χ2v) is 8.14. The first-order valence-electron chi connectivity index (χ1n) is 7.93. The first kappa shape index (κ1) is 18.7. The second-order valence-electron chi connectivity index (χ2n) is 6.00. The number of rotatable bonds is 7. The van der Waals surface area contributed by atoms with E-state index in [1.54, 1.807) is 12.1 Å². The summed E-state index contributed by atoms with van der Waals surface area (Å²) in [6, 6.07) is 6.87. The van der Waals surface area contributed by atoms with Gasteiger partial charge in [-0.15, -0.1) is 11.6 Å². The number of halogens is 1. The first-order valence-corrected chi connectivity index (χ1v) is 9.95. The van der Waals surface area contributed by atoms with Crippen LogP contribution >= 0.6 is 11.6 Å². The highest BCUT2D eigenvalue weighted by Crippen LogP contribution is 2.12. The van der Waals surface area contributed by atoms with E-state index in [1.165, 1.54) is 0 Å². The predicted octanol–water partition coefficient (Wildman–Crippen LogP) is 1.86. The molecule has 0 bridgehead atoms. The number of ether oxygens (including phenoxy) is 1. The van der Waals surface area contributed by atoms with Crippen molar-refractivity contribution in [2.45, 2.75) is 37.4 Å². The van der Waals surface area contributed by atoms with Crippen molar-refractivity contribution < 1.29 is 13.2 Å². The van der Waals surface area contributed by atoms with Gasteiger partial charge in [0, 0.05) is 32.1 Å². The molecule has 0 aliphatic carbocycles. The van der Waals surface area contributed by atoms with E-state index in [4.69, 9.17) is 16.3 Å². The van der Waals surface area contributed by atoms with Crippen molar-refractivity contribution in [1.29, 1.82) is 0 Å². The molecule has 0 amide bonds. The Labute approximate surface area is 144 Å². The maximum atomic E-state index is 12.3. The molecule has 0 saturated carbocycles. The van der Waals surface area contributed by atoms with Crippen LogP contribution in [0.15, 0.2) is 29.2 Å². The lowest BCUT2D eigenvalue weighted by Crippen LogP contribution is -2.47. The molecule has 2 atom stereocenters. The average molecular weight is 361 g/mol. The zero-order chi connectivity index (χ0) is 16.9. The summed E-state index contributed by atoms with van der Waals surface area (Å²) in [4.78, 5) is 2.52. The van der Waals surface area contributed by atoms with Crippen LogP contribution in [-0.2, 0) is 21.2 Å². The third-order valence-corrected chi connectivity index (χ3v) is 5.50. The van der Waals surface area contributed by atoms with Crippen molar-refractivity contribution in [2.75, 3.05) is 32.1 Å². The second kappa shape index (κ2) is 8.44. The summed E-state index contributed by atoms with van der Waals surface area (Å²) in [5.41, 5.74) is 1.04. The summed E-state index contributed by atoms with van der Waals surface area (Å²) in [6.45, 7) is 6.82. The minimum Gasteiger partial charge on any atom is -0.373 e. The highest BCUT2D eigenvalue weighted by Gasteiger charge is 2.22. The highest BCUT2D eigenvalue weighted by molar-refractivity contribution is 7.89. The van der Waals surface area contributed by atoms with Gasteiger partial charge in [0.15, 0.2) is 0 Å². The van der Waals surface area contributed by atoms with Gasteiger partial charge in [0.2, 0.25) is 10.0 Å². The Hall–Kier alpha value is -0.660. The Morgan fingerprint density at radius 1 is 1.22 bits per heavy atom. The number of aryl methyl sites for hydroxylation is 1. The number of morpholine rings is 1. The van der Waals surface area contributed by atoms with Crippen LogP contribution in [0.3, 0.4) is 0 Å². The molecular formula is C16H25ClN2O3S. The van der Waals surface area contributed by atoms with Gasteiger partial charge in [-0.05, 0) is 38.0 Å². The molecule has 5 nitrogen and oxygen atoms in total. The quantitative estimate of drug-likeness (QED) is 0.754. The molecule has 1 aliphatic rings. The standard InChI is InChI=1S/C16H25ClN2O3S/c1-13-11-19(12-14(2)22-13)10-9-18-23(20,21)16-5-3-15(4-6-16)7-8-17/h3-6,13-14,18H,7-12H2,1-2H3/t13-,14-/m1/s1. The summed E-state index contributed by atoms with van der Waals surface area (Å²) >= 11 is 5.68. The molecule has 7 heteroatoms. The molecule has 1 fully saturated rings. The van der Waals surface area contributed by atoms with Gasteiger partial charge in [-0.3, -0.25) is 4.90 Å². The van der Waals surface area contributed by atoms with E-state index in [1.807, 2.05) is 26.0 Å². The summed E-state index contributed by atoms with van der Waals surface area (Å²) < 4.78 is 32.9. The average Bonchev–Trinajstić information content (AvgIpc) is 2.47. The Morgan fingerprint density at radius 3 is 2.39 bits per heavy atom. The maximum absolute atomic E-state index is 12.3. The van der Waals surface area contributed by atoms with Gasteiger partial charge >= 0.3 is 0 Å². The number of hydrogen-bond donors (Lipinski definition) is 1. The largest absolute Gasteiger partial charge is 0.373 e. The SMILES string of the molecule is C[C@@H]1CN(CCNS(=O)(=O)c2ccc(CCCl)cc2)C[C@@H](C)O1. The van der Waals surface area contributed by atoms with Gasteiger partial charge in [-0.1, -0.05) is 12.1 Å². The topological polar surface area (TPSA) is 58.6 Å². The van der Waals surface area contributed by atoms with Crippen molar-refractivity contribution >= 4 is 21.6 Å². The normalized spacial score (nSPS) is 23.1. The lowest BCUT2D eigenvalue weighted by atomic mass is 10.2. The Kier molecular flexibility index (Phi) is 6.85. The molecule has 1 aliphatic heterocycles. The summed E-state index contributed by atoms with van der Waals surface area (Å²) in [5.74, 6) is 0.529. The molecule has 1 heterocycles. The van der Waals surface area contributed by atoms with E-state index in [0.29, 0.717) is 23.9 Å². The van der Waals surface area contributed by atoms with Crippen LogP contribution in [0.1, 0.15) is 19.4 Å². The number of alkyl halides is 1. The third-order valence-electron chi connectivity index (χ3n) is 3.83. The smallest absolute Gasteiger partial charge is 0.240 e. The van der Waals surface area contributed by atoms with Crippen molar-refractivity contribution in [3.63, 3.8) is 0 Å². The molecule has 0 unspecified atom stereocenters. The molecule has 0 spiro atoms. The lowest BCUT2D eigenvalue weighted by Gasteiger charge is -2.35. The van der Waals surface area contributed by atoms with Gasteiger partial charge in [-0.2, -0.15) is 0 Å². The van der Waals surface area contributed by atoms with Crippen molar-refractivity contribution in [3.05, 3.63) is 29.8 Å². The monoisotopic (exact) mass is 360 g/mol. The molecule has 1 aromatic carbocycles. The van der Waals surface area contributed by atoms with Crippen molar-refractivity contribution in [2.24, 2.45) is 0 Å². The Balaban J connectivity index is 1.86. The van der Waals surface area contributed by atoms with Crippen LogP contribution in [0.5, 0.6) is 0 Å². The van der Waals surface area contributed by atoms with Crippen LogP contribution in [0.25, 0.3) is 0 Å². The number of nitrogens with one attached hydrogen (secondary N) is 1. The number of sulfonamides is 1. The number of nitrogens with zero attached hydrogens (tertiary/aromatic N) is 1. The van der Waals surface area contributed by atoms with Crippen LogP contribution < -0.4 is 4.72 Å². The summed E-state index contributed by atoms with van der Waals surface area (Å²) in [6.07, 6.45) is 1.11. The van der Waals surface area contributed by atoms with Gasteiger partial charge in [0.1, 0.15) is 0 Å². The van der Waals surface area contributed by atoms with Gasteiger partial charge < -0.3 is 4.74 Å². The summed E-state index contributed by atoms with van der Waals surface area (Å²) in [5, 5.41) is 0. The fourth-order valence-electron chi connectivity index (χ4n) is 2.83. The summed E-state index contributed by atoms with van der Waals surface area (Å²) in [7, 11) is -3.46. The third kappa shape index (κ3) is 5.72. The molecule has 1 saturated heterocycles. The zero-order valence-electron chi connectivity index (χ0n) is 13.7. The van der Waals surface area contributed by atoms with Crippen LogP contribution in [0.4, 0.5) is 0 Å². The van der Waals surface area contributed by atoms with Crippen molar-refractivity contribution in [1.82, 2.24) is 9.62 Å². The minimum absolute atomic E-state index is 0.185. The number of hydrogen-bond acceptors (Lipinski definition) is 4. The zero-order valence-corrected chi connectivity index (χ0v) is 15.2. The maximum Gasteiger partial charge on any atom is 0.240 e. The van der Waals surface area contributed by atoms with Gasteiger partial charge in [0.05, 0.1) is 17.1 Å². The minimum atomic E-state index is -3.46. The molecule has 2 rings (SSSR count). The fourth-order valence-corrected chi connectivity index (χ4v) is 4.07. The predicted molar refractivity (Wildman–Crippen MR) is 92.5 cm³/mol. The molecular weight excluding hydrogens is 336 g/mol. The van der Waals surface area contributed by atoms with Crippen LogP contribution in [0, 0.1) is 0 Å².